The first-order chi connectivity index (χ1) is 24.2. The smallest absolute Gasteiger partial charge is 0.0471 e. The van der Waals surface area contributed by atoms with E-state index in [1.807, 2.05) is 0 Å². The highest BCUT2D eigenvalue weighted by Gasteiger charge is 2.38. The summed E-state index contributed by atoms with van der Waals surface area (Å²) < 4.78 is 0. The maximum absolute atomic E-state index is 10.6. The molecule has 0 saturated carbocycles. The standard InChI is InChI=1S/C48H82O2S/c1-13-18-19-20-21-22-23-24-25-26-32-51-33-29-48(12,44-34-42(46(6,7)8)38(16-4)36(14-2)40(44)27-30-49)45-35-43(47(9,10)11)39(17-5)37(15-3)41(45)28-31-50/h34-35,49-50H,13-33H2,1-12H3. The Bertz CT molecular complexity index is 1220. The van der Waals surface area contributed by atoms with Crippen LogP contribution in [0.1, 0.15) is 209 Å². The van der Waals surface area contributed by atoms with Gasteiger partial charge in [-0.3, -0.25) is 0 Å². The maximum atomic E-state index is 10.6. The van der Waals surface area contributed by atoms with E-state index in [2.05, 4.69) is 107 Å². The Morgan fingerprint density at radius 1 is 0.451 bits per heavy atom. The molecule has 0 amide bonds. The molecule has 51 heavy (non-hydrogen) atoms. The SMILES string of the molecule is CCCCCCCCCCCCSCCC(C)(c1cc(C(C)(C)C)c(CC)c(CC)c1CCO)c1cc(C(C)(C)C)c(CC)c(CC)c1CCO. The van der Waals surface area contributed by atoms with E-state index >= 15 is 0 Å². The summed E-state index contributed by atoms with van der Waals surface area (Å²) in [4.78, 5) is 0. The second-order valence-electron chi connectivity index (χ2n) is 17.6. The van der Waals surface area contributed by atoms with Gasteiger partial charge in [0.15, 0.2) is 0 Å². The molecule has 0 aliphatic rings. The molecule has 0 radical (unpaired) electrons. The number of thioether (sulfide) groups is 1. The van der Waals surface area contributed by atoms with Crippen LogP contribution < -0.4 is 0 Å². The van der Waals surface area contributed by atoms with Crippen molar-refractivity contribution in [3.8, 4) is 0 Å². The molecule has 3 heteroatoms. The van der Waals surface area contributed by atoms with Crippen molar-refractivity contribution >= 4 is 11.8 Å². The second kappa shape index (κ2) is 22.2. The molecule has 0 spiro atoms. The summed E-state index contributed by atoms with van der Waals surface area (Å²) in [6.45, 7) is 28.6. The number of benzene rings is 2. The highest BCUT2D eigenvalue weighted by atomic mass is 32.2. The van der Waals surface area contributed by atoms with Crippen molar-refractivity contribution < 1.29 is 10.2 Å². The molecule has 0 aliphatic heterocycles. The van der Waals surface area contributed by atoms with Crippen molar-refractivity contribution in [3.63, 3.8) is 0 Å². The lowest BCUT2D eigenvalue weighted by Gasteiger charge is -2.40. The van der Waals surface area contributed by atoms with Gasteiger partial charge in [0.25, 0.3) is 0 Å². The van der Waals surface area contributed by atoms with Crippen molar-refractivity contribution in [3.05, 3.63) is 67.8 Å². The Morgan fingerprint density at radius 2 is 0.824 bits per heavy atom. The van der Waals surface area contributed by atoms with Crippen LogP contribution in [0.5, 0.6) is 0 Å². The van der Waals surface area contributed by atoms with E-state index in [0.29, 0.717) is 12.8 Å². The molecule has 0 fully saturated rings. The zero-order valence-electron chi connectivity index (χ0n) is 35.8. The van der Waals surface area contributed by atoms with Gasteiger partial charge in [0.1, 0.15) is 0 Å². The van der Waals surface area contributed by atoms with E-state index in [0.717, 1.165) is 37.9 Å². The first kappa shape index (κ1) is 45.9. The van der Waals surface area contributed by atoms with Crippen molar-refractivity contribution in [2.24, 2.45) is 0 Å². The Balaban J connectivity index is 2.71. The second-order valence-corrected chi connectivity index (χ2v) is 18.8. The van der Waals surface area contributed by atoms with Crippen LogP contribution in [0.3, 0.4) is 0 Å². The summed E-state index contributed by atoms with van der Waals surface area (Å²) in [5.41, 5.74) is 14.1. The summed E-state index contributed by atoms with van der Waals surface area (Å²) >= 11 is 2.14. The highest BCUT2D eigenvalue weighted by Crippen LogP contribution is 2.47. The van der Waals surface area contributed by atoms with E-state index in [1.54, 1.807) is 0 Å². The fourth-order valence-electron chi connectivity index (χ4n) is 8.91. The van der Waals surface area contributed by atoms with Gasteiger partial charge in [0.05, 0.1) is 0 Å². The molecule has 0 saturated heterocycles. The Morgan fingerprint density at radius 3 is 1.16 bits per heavy atom. The molecule has 2 aromatic rings. The molecule has 292 valence electrons. The molecular weight excluding hydrogens is 641 g/mol. The minimum absolute atomic E-state index is 0.0120. The summed E-state index contributed by atoms with van der Waals surface area (Å²) in [5.74, 6) is 2.33. The zero-order chi connectivity index (χ0) is 38.2. The Hall–Kier alpha value is -1.29. The lowest BCUT2D eigenvalue weighted by Crippen LogP contribution is -2.32. The number of rotatable bonds is 24. The molecule has 2 nitrogen and oxygen atoms in total. The van der Waals surface area contributed by atoms with E-state index in [1.165, 1.54) is 126 Å². The van der Waals surface area contributed by atoms with Gasteiger partial charge in [-0.15, -0.1) is 0 Å². The van der Waals surface area contributed by atoms with Crippen LogP contribution in [-0.2, 0) is 54.8 Å². The van der Waals surface area contributed by atoms with Gasteiger partial charge in [-0.25, -0.2) is 0 Å². The van der Waals surface area contributed by atoms with Crippen LogP contribution in [0.15, 0.2) is 12.1 Å². The summed E-state index contributed by atoms with van der Waals surface area (Å²) in [6.07, 6.45) is 20.2. The monoisotopic (exact) mass is 723 g/mol. The normalized spacial score (nSPS) is 12.7. The van der Waals surface area contributed by atoms with Crippen molar-refractivity contribution in [2.45, 2.75) is 208 Å². The molecular formula is C48H82O2S. The average Bonchev–Trinajstić information content (AvgIpc) is 3.08. The average molecular weight is 723 g/mol. The van der Waals surface area contributed by atoms with E-state index in [9.17, 15) is 10.2 Å². The molecule has 0 heterocycles. The fraction of sp³-hybridized carbons (Fsp3) is 0.750. The van der Waals surface area contributed by atoms with Gasteiger partial charge in [0.2, 0.25) is 0 Å². The van der Waals surface area contributed by atoms with Crippen LogP contribution in [-0.4, -0.2) is 34.9 Å². The van der Waals surface area contributed by atoms with Crippen LogP contribution in [0, 0.1) is 0 Å². The largest absolute Gasteiger partial charge is 0.396 e. The minimum Gasteiger partial charge on any atom is -0.396 e. The summed E-state index contributed by atoms with van der Waals surface area (Å²) in [6, 6.07) is 5.16. The third-order valence-electron chi connectivity index (χ3n) is 11.7. The third kappa shape index (κ3) is 12.4. The predicted octanol–water partition coefficient (Wildman–Crippen LogP) is 13.0. The highest BCUT2D eigenvalue weighted by molar-refractivity contribution is 7.99. The molecule has 2 N–H and O–H groups in total. The molecule has 0 unspecified atom stereocenters. The van der Waals surface area contributed by atoms with E-state index in [4.69, 9.17) is 0 Å². The molecule has 2 rings (SSSR count). The third-order valence-corrected chi connectivity index (χ3v) is 12.7. The topological polar surface area (TPSA) is 40.5 Å². The van der Waals surface area contributed by atoms with E-state index in [-0.39, 0.29) is 29.5 Å². The van der Waals surface area contributed by atoms with Gasteiger partial charge in [-0.1, -0.05) is 153 Å². The van der Waals surface area contributed by atoms with Crippen molar-refractivity contribution in [2.75, 3.05) is 24.7 Å². The molecule has 2 aromatic carbocycles. The molecule has 0 atom stereocenters. The number of aliphatic hydroxyl groups is 2. The quantitative estimate of drug-likeness (QED) is 0.106. The van der Waals surface area contributed by atoms with Crippen LogP contribution in [0.25, 0.3) is 0 Å². The zero-order valence-corrected chi connectivity index (χ0v) is 36.6. The molecule has 0 aliphatic carbocycles. The molecule has 0 aromatic heterocycles. The van der Waals surface area contributed by atoms with Crippen LogP contribution >= 0.6 is 11.8 Å². The van der Waals surface area contributed by atoms with E-state index < -0.39 is 0 Å². The predicted molar refractivity (Wildman–Crippen MR) is 230 cm³/mol. The Kier molecular flexibility index (Phi) is 19.9. The lowest BCUT2D eigenvalue weighted by molar-refractivity contribution is 0.297. The van der Waals surface area contributed by atoms with Gasteiger partial charge >= 0.3 is 0 Å². The first-order valence-electron chi connectivity index (χ1n) is 21.4. The lowest BCUT2D eigenvalue weighted by atomic mass is 9.64. The fourth-order valence-corrected chi connectivity index (χ4v) is 10.1. The van der Waals surface area contributed by atoms with Gasteiger partial charge < -0.3 is 10.2 Å². The minimum atomic E-state index is -0.258. The number of unbranched alkanes of at least 4 members (excludes halogenated alkanes) is 9. The van der Waals surface area contributed by atoms with Gasteiger partial charge in [0, 0.05) is 18.6 Å². The summed E-state index contributed by atoms with van der Waals surface area (Å²) in [5, 5.41) is 21.2. The Labute approximate surface area is 321 Å². The van der Waals surface area contributed by atoms with Crippen molar-refractivity contribution in [1.82, 2.24) is 0 Å². The van der Waals surface area contributed by atoms with Crippen LogP contribution in [0.2, 0.25) is 0 Å². The van der Waals surface area contributed by atoms with Gasteiger partial charge in [-0.2, -0.15) is 11.8 Å². The summed E-state index contributed by atoms with van der Waals surface area (Å²) in [7, 11) is 0. The molecule has 0 bridgehead atoms. The first-order valence-corrected chi connectivity index (χ1v) is 22.5. The maximum Gasteiger partial charge on any atom is 0.0471 e. The van der Waals surface area contributed by atoms with Gasteiger partial charge in [-0.05, 0) is 129 Å². The number of hydrogen-bond donors (Lipinski definition) is 2. The number of hydrogen-bond acceptors (Lipinski definition) is 3. The van der Waals surface area contributed by atoms with Crippen LogP contribution in [0.4, 0.5) is 0 Å². The number of aliphatic hydroxyl groups excluding tert-OH is 2. The van der Waals surface area contributed by atoms with Crippen molar-refractivity contribution in [1.29, 1.82) is 0 Å².